The van der Waals surface area contributed by atoms with Crippen LogP contribution in [0, 0.1) is 6.92 Å². The smallest absolute Gasteiger partial charge is 0.351 e. The van der Waals surface area contributed by atoms with E-state index >= 15 is 0 Å². The fourth-order valence-electron chi connectivity index (χ4n) is 1.28. The van der Waals surface area contributed by atoms with Crippen LogP contribution in [0.15, 0.2) is 30.4 Å². The molecule has 0 N–H and O–H groups in total. The Morgan fingerprint density at radius 3 is 2.59 bits per heavy atom. The average molecular weight is 255 g/mol. The lowest BCUT2D eigenvalue weighted by Gasteiger charge is -2.17. The number of hydrogen-bond donors (Lipinski definition) is 0. The first-order chi connectivity index (χ1) is 7.95. The maximum atomic E-state index is 11.5. The average Bonchev–Trinajstić information content (AvgIpc) is 2.29. The summed E-state index contributed by atoms with van der Waals surface area (Å²) in [4.78, 5) is 11.5. The molecule has 0 aromatic heterocycles. The fourth-order valence-corrected chi connectivity index (χ4v) is 1.40. The minimum Gasteiger partial charge on any atom is -0.474 e. The molecule has 0 aliphatic heterocycles. The quantitative estimate of drug-likeness (QED) is 0.612. The predicted molar refractivity (Wildman–Crippen MR) is 67.4 cm³/mol. The van der Waals surface area contributed by atoms with Gasteiger partial charge in [-0.2, -0.15) is 0 Å². The zero-order chi connectivity index (χ0) is 13.0. The van der Waals surface area contributed by atoms with Gasteiger partial charge in [-0.05, 0) is 43.2 Å². The van der Waals surface area contributed by atoms with Crippen LogP contribution in [0.3, 0.4) is 0 Å². The van der Waals surface area contributed by atoms with Crippen LogP contribution in [0.4, 0.5) is 0 Å². The van der Waals surface area contributed by atoms with E-state index in [2.05, 4.69) is 11.3 Å². The Morgan fingerprint density at radius 2 is 2.12 bits per heavy atom. The van der Waals surface area contributed by atoms with Crippen LogP contribution >= 0.6 is 11.6 Å². The number of hydrogen-bond acceptors (Lipinski definition) is 3. The van der Waals surface area contributed by atoms with Gasteiger partial charge >= 0.3 is 5.97 Å². The SMILES string of the molecule is C=C(C)C(Oc1ccc(Cl)c(C)c1)C(=O)OC. The molecule has 1 atom stereocenters. The van der Waals surface area contributed by atoms with Gasteiger partial charge in [0.05, 0.1) is 7.11 Å². The highest BCUT2D eigenvalue weighted by atomic mass is 35.5. The van der Waals surface area contributed by atoms with E-state index < -0.39 is 12.1 Å². The third-order valence-electron chi connectivity index (χ3n) is 2.25. The molecule has 4 heteroatoms. The highest BCUT2D eigenvalue weighted by molar-refractivity contribution is 6.31. The van der Waals surface area contributed by atoms with Gasteiger partial charge in [-0.25, -0.2) is 4.79 Å². The van der Waals surface area contributed by atoms with Crippen molar-refractivity contribution >= 4 is 17.6 Å². The summed E-state index contributed by atoms with van der Waals surface area (Å²) in [5.74, 6) is 0.0930. The Morgan fingerprint density at radius 1 is 1.47 bits per heavy atom. The van der Waals surface area contributed by atoms with Crippen molar-refractivity contribution in [3.8, 4) is 5.75 Å². The van der Waals surface area contributed by atoms with Crippen molar-refractivity contribution < 1.29 is 14.3 Å². The van der Waals surface area contributed by atoms with E-state index in [9.17, 15) is 4.79 Å². The molecule has 0 spiro atoms. The topological polar surface area (TPSA) is 35.5 Å². The van der Waals surface area contributed by atoms with Crippen LogP contribution in [0.1, 0.15) is 12.5 Å². The highest BCUT2D eigenvalue weighted by Crippen LogP contribution is 2.23. The Kier molecular flexibility index (Phi) is 4.58. The molecule has 92 valence electrons. The first-order valence-corrected chi connectivity index (χ1v) is 5.49. The monoisotopic (exact) mass is 254 g/mol. The predicted octanol–water partition coefficient (Wildman–Crippen LogP) is 3.14. The summed E-state index contributed by atoms with van der Waals surface area (Å²) in [6, 6.07) is 5.19. The van der Waals surface area contributed by atoms with Gasteiger partial charge in [-0.3, -0.25) is 0 Å². The van der Waals surface area contributed by atoms with Gasteiger partial charge in [-0.1, -0.05) is 18.2 Å². The van der Waals surface area contributed by atoms with Crippen LogP contribution in [0.5, 0.6) is 5.75 Å². The normalized spacial score (nSPS) is 11.8. The third kappa shape index (κ3) is 3.49. The molecule has 1 aromatic carbocycles. The molecule has 0 aliphatic rings. The van der Waals surface area contributed by atoms with Crippen molar-refractivity contribution in [2.75, 3.05) is 7.11 Å². The molecular formula is C13H15ClO3. The number of esters is 1. The number of rotatable bonds is 4. The molecule has 3 nitrogen and oxygen atoms in total. The molecule has 1 unspecified atom stereocenters. The van der Waals surface area contributed by atoms with Crippen LogP contribution in [0.2, 0.25) is 5.02 Å². The van der Waals surface area contributed by atoms with Crippen LogP contribution in [-0.4, -0.2) is 19.2 Å². The Labute approximate surface area is 106 Å². The van der Waals surface area contributed by atoms with Crippen LogP contribution in [0.25, 0.3) is 0 Å². The number of methoxy groups -OCH3 is 1. The molecule has 0 fully saturated rings. The lowest BCUT2D eigenvalue weighted by Crippen LogP contribution is -2.29. The minimum atomic E-state index is -0.791. The zero-order valence-corrected chi connectivity index (χ0v) is 10.9. The number of carbonyl (C=O) groups is 1. The third-order valence-corrected chi connectivity index (χ3v) is 2.67. The van der Waals surface area contributed by atoms with Gasteiger partial charge in [0.2, 0.25) is 6.10 Å². The summed E-state index contributed by atoms with van der Waals surface area (Å²) < 4.78 is 10.2. The second kappa shape index (κ2) is 5.73. The first kappa shape index (κ1) is 13.6. The summed E-state index contributed by atoms with van der Waals surface area (Å²) in [5.41, 5.74) is 1.47. The summed E-state index contributed by atoms with van der Waals surface area (Å²) in [5, 5.41) is 0.655. The summed E-state index contributed by atoms with van der Waals surface area (Å²) in [6.45, 7) is 7.29. The lowest BCUT2D eigenvalue weighted by molar-refractivity contribution is -0.146. The molecule has 0 radical (unpaired) electrons. The summed E-state index contributed by atoms with van der Waals surface area (Å²) in [7, 11) is 1.31. The van der Waals surface area contributed by atoms with E-state index in [1.165, 1.54) is 7.11 Å². The molecule has 0 bridgehead atoms. The van der Waals surface area contributed by atoms with Crippen molar-refractivity contribution in [1.29, 1.82) is 0 Å². The highest BCUT2D eigenvalue weighted by Gasteiger charge is 2.22. The zero-order valence-electron chi connectivity index (χ0n) is 10.1. The van der Waals surface area contributed by atoms with Gasteiger partial charge in [-0.15, -0.1) is 0 Å². The Hall–Kier alpha value is -1.48. The number of carbonyl (C=O) groups excluding carboxylic acids is 1. The van der Waals surface area contributed by atoms with Crippen molar-refractivity contribution in [3.05, 3.63) is 40.9 Å². The van der Waals surface area contributed by atoms with E-state index in [1.807, 2.05) is 6.92 Å². The molecule has 1 rings (SSSR count). The number of halogens is 1. The van der Waals surface area contributed by atoms with Gasteiger partial charge in [0.15, 0.2) is 0 Å². The second-order valence-electron chi connectivity index (χ2n) is 3.78. The molecular weight excluding hydrogens is 240 g/mol. The summed E-state index contributed by atoms with van der Waals surface area (Å²) >= 11 is 5.90. The molecule has 17 heavy (non-hydrogen) atoms. The number of benzene rings is 1. The minimum absolute atomic E-state index is 0.467. The van der Waals surface area contributed by atoms with Gasteiger partial charge < -0.3 is 9.47 Å². The fraction of sp³-hybridized carbons (Fsp3) is 0.308. The summed E-state index contributed by atoms with van der Waals surface area (Å²) in [6.07, 6.45) is -0.791. The van der Waals surface area contributed by atoms with E-state index in [0.717, 1.165) is 5.56 Å². The van der Waals surface area contributed by atoms with E-state index in [-0.39, 0.29) is 0 Å². The number of ether oxygens (including phenoxy) is 2. The van der Waals surface area contributed by atoms with Crippen molar-refractivity contribution in [2.24, 2.45) is 0 Å². The Balaban J connectivity index is 2.90. The maximum Gasteiger partial charge on any atom is 0.351 e. The van der Waals surface area contributed by atoms with Gasteiger partial charge in [0.1, 0.15) is 5.75 Å². The molecule has 0 amide bonds. The van der Waals surface area contributed by atoms with Crippen molar-refractivity contribution in [1.82, 2.24) is 0 Å². The largest absolute Gasteiger partial charge is 0.474 e. The van der Waals surface area contributed by atoms with Gasteiger partial charge in [0.25, 0.3) is 0 Å². The molecule has 1 aromatic rings. The lowest BCUT2D eigenvalue weighted by atomic mass is 10.2. The van der Waals surface area contributed by atoms with Crippen molar-refractivity contribution in [2.45, 2.75) is 20.0 Å². The van der Waals surface area contributed by atoms with E-state index in [4.69, 9.17) is 16.3 Å². The van der Waals surface area contributed by atoms with Crippen LogP contribution in [-0.2, 0) is 9.53 Å². The molecule has 0 aliphatic carbocycles. The van der Waals surface area contributed by atoms with Crippen LogP contribution < -0.4 is 4.74 Å². The Bertz CT molecular complexity index is 440. The number of aryl methyl sites for hydroxylation is 1. The van der Waals surface area contributed by atoms with Crippen molar-refractivity contribution in [3.63, 3.8) is 0 Å². The molecule has 0 saturated heterocycles. The van der Waals surface area contributed by atoms with E-state index in [1.54, 1.807) is 25.1 Å². The standard InChI is InChI=1S/C13H15ClO3/c1-8(2)12(13(15)16-4)17-10-5-6-11(14)9(3)7-10/h5-7,12H,1H2,2-4H3. The maximum absolute atomic E-state index is 11.5. The van der Waals surface area contributed by atoms with E-state index in [0.29, 0.717) is 16.3 Å². The molecule has 0 heterocycles. The van der Waals surface area contributed by atoms with Gasteiger partial charge in [0, 0.05) is 5.02 Å². The second-order valence-corrected chi connectivity index (χ2v) is 4.19. The molecule has 0 saturated carbocycles. The first-order valence-electron chi connectivity index (χ1n) is 5.11.